The van der Waals surface area contributed by atoms with E-state index < -0.39 is 0 Å². The SMILES string of the molecule is OC1CCCC1N1CCCOc2ccccc21. The van der Waals surface area contributed by atoms with Crippen LogP contribution >= 0.6 is 0 Å². The Balaban J connectivity index is 1.93. The third-order valence-electron chi connectivity index (χ3n) is 3.82. The number of aliphatic hydroxyl groups is 1. The van der Waals surface area contributed by atoms with Crippen molar-refractivity contribution < 1.29 is 9.84 Å². The van der Waals surface area contributed by atoms with Gasteiger partial charge in [0.1, 0.15) is 5.75 Å². The van der Waals surface area contributed by atoms with Gasteiger partial charge in [0.25, 0.3) is 0 Å². The van der Waals surface area contributed by atoms with Crippen LogP contribution < -0.4 is 9.64 Å². The van der Waals surface area contributed by atoms with Crippen LogP contribution in [0.1, 0.15) is 25.7 Å². The lowest BCUT2D eigenvalue weighted by molar-refractivity contribution is 0.161. The van der Waals surface area contributed by atoms with Crippen molar-refractivity contribution in [3.05, 3.63) is 24.3 Å². The maximum Gasteiger partial charge on any atom is 0.142 e. The fourth-order valence-corrected chi connectivity index (χ4v) is 2.98. The third-order valence-corrected chi connectivity index (χ3v) is 3.82. The molecule has 1 fully saturated rings. The molecule has 2 unspecified atom stereocenters. The largest absolute Gasteiger partial charge is 0.491 e. The van der Waals surface area contributed by atoms with Crippen LogP contribution in [0.2, 0.25) is 0 Å². The van der Waals surface area contributed by atoms with Crippen molar-refractivity contribution in [1.29, 1.82) is 0 Å². The average molecular weight is 233 g/mol. The molecule has 1 aliphatic carbocycles. The fourth-order valence-electron chi connectivity index (χ4n) is 2.98. The van der Waals surface area contributed by atoms with Crippen molar-refractivity contribution in [2.45, 2.75) is 37.8 Å². The van der Waals surface area contributed by atoms with E-state index in [1.807, 2.05) is 18.2 Å². The van der Waals surface area contributed by atoms with E-state index in [1.165, 1.54) is 0 Å². The molecule has 2 aliphatic rings. The number of aliphatic hydroxyl groups excluding tert-OH is 1. The third kappa shape index (κ3) is 2.00. The Hall–Kier alpha value is -1.22. The summed E-state index contributed by atoms with van der Waals surface area (Å²) in [7, 11) is 0. The van der Waals surface area contributed by atoms with E-state index >= 15 is 0 Å². The van der Waals surface area contributed by atoms with Crippen molar-refractivity contribution in [2.24, 2.45) is 0 Å². The molecule has 1 aromatic carbocycles. The molecular weight excluding hydrogens is 214 g/mol. The Kier molecular flexibility index (Phi) is 2.93. The molecule has 1 heterocycles. The second-order valence-electron chi connectivity index (χ2n) is 4.93. The van der Waals surface area contributed by atoms with Crippen LogP contribution in [0.5, 0.6) is 5.75 Å². The first kappa shape index (κ1) is 10.9. The number of hydrogen-bond acceptors (Lipinski definition) is 3. The van der Waals surface area contributed by atoms with Gasteiger partial charge < -0.3 is 14.7 Å². The first-order valence-corrected chi connectivity index (χ1v) is 6.53. The van der Waals surface area contributed by atoms with E-state index in [4.69, 9.17) is 4.74 Å². The first-order valence-electron chi connectivity index (χ1n) is 6.53. The summed E-state index contributed by atoms with van der Waals surface area (Å²) >= 11 is 0. The molecule has 0 radical (unpaired) electrons. The van der Waals surface area contributed by atoms with Gasteiger partial charge >= 0.3 is 0 Å². The van der Waals surface area contributed by atoms with Gasteiger partial charge in [-0.15, -0.1) is 0 Å². The molecule has 0 spiro atoms. The van der Waals surface area contributed by atoms with E-state index in [2.05, 4.69) is 11.0 Å². The first-order chi connectivity index (χ1) is 8.36. The minimum Gasteiger partial charge on any atom is -0.491 e. The molecule has 0 bridgehead atoms. The monoisotopic (exact) mass is 233 g/mol. The van der Waals surface area contributed by atoms with Crippen molar-refractivity contribution in [3.8, 4) is 5.75 Å². The van der Waals surface area contributed by atoms with E-state index in [0.717, 1.165) is 50.3 Å². The predicted molar refractivity (Wildman–Crippen MR) is 67.5 cm³/mol. The van der Waals surface area contributed by atoms with Gasteiger partial charge in [0, 0.05) is 6.54 Å². The summed E-state index contributed by atoms with van der Waals surface area (Å²) < 4.78 is 5.75. The molecule has 17 heavy (non-hydrogen) atoms. The molecule has 1 N–H and O–H groups in total. The molecule has 3 nitrogen and oxygen atoms in total. The summed E-state index contributed by atoms with van der Waals surface area (Å²) in [6.07, 6.45) is 4.00. The lowest BCUT2D eigenvalue weighted by Crippen LogP contribution is -2.40. The molecule has 0 saturated heterocycles. The minimum absolute atomic E-state index is 0.179. The second-order valence-corrected chi connectivity index (χ2v) is 4.93. The van der Waals surface area contributed by atoms with E-state index in [1.54, 1.807) is 0 Å². The Morgan fingerprint density at radius 2 is 2.06 bits per heavy atom. The van der Waals surface area contributed by atoms with Gasteiger partial charge in [0.2, 0.25) is 0 Å². The van der Waals surface area contributed by atoms with Crippen LogP contribution in [0.3, 0.4) is 0 Å². The average Bonchev–Trinajstić information content (AvgIpc) is 2.66. The zero-order chi connectivity index (χ0) is 11.7. The molecule has 1 aromatic rings. The minimum atomic E-state index is -0.179. The highest BCUT2D eigenvalue weighted by molar-refractivity contribution is 5.59. The molecule has 1 aliphatic heterocycles. The van der Waals surface area contributed by atoms with Gasteiger partial charge in [0.15, 0.2) is 0 Å². The second kappa shape index (κ2) is 4.57. The van der Waals surface area contributed by atoms with Crippen LogP contribution in [-0.2, 0) is 0 Å². The number of ether oxygens (including phenoxy) is 1. The van der Waals surface area contributed by atoms with Crippen molar-refractivity contribution >= 4 is 5.69 Å². The number of rotatable bonds is 1. The lowest BCUT2D eigenvalue weighted by atomic mass is 10.1. The van der Waals surface area contributed by atoms with Crippen LogP contribution in [0.4, 0.5) is 5.69 Å². The summed E-state index contributed by atoms with van der Waals surface area (Å²) in [6, 6.07) is 8.45. The number of hydrogen-bond donors (Lipinski definition) is 1. The van der Waals surface area contributed by atoms with E-state index in [9.17, 15) is 5.11 Å². The molecule has 0 amide bonds. The number of fused-ring (bicyclic) bond motifs is 1. The molecule has 92 valence electrons. The maximum absolute atomic E-state index is 10.1. The number of para-hydroxylation sites is 2. The number of anilines is 1. The Bertz CT molecular complexity index is 394. The van der Waals surface area contributed by atoms with Crippen molar-refractivity contribution in [1.82, 2.24) is 0 Å². The fraction of sp³-hybridized carbons (Fsp3) is 0.571. The number of nitrogens with zero attached hydrogens (tertiary/aromatic N) is 1. The normalized spacial score (nSPS) is 28.4. The topological polar surface area (TPSA) is 32.7 Å². The van der Waals surface area contributed by atoms with Crippen LogP contribution in [-0.4, -0.2) is 30.4 Å². The van der Waals surface area contributed by atoms with Crippen LogP contribution in [0.25, 0.3) is 0 Å². The lowest BCUT2D eigenvalue weighted by Gasteiger charge is -2.32. The highest BCUT2D eigenvalue weighted by atomic mass is 16.5. The van der Waals surface area contributed by atoms with Gasteiger partial charge in [-0.05, 0) is 37.8 Å². The maximum atomic E-state index is 10.1. The van der Waals surface area contributed by atoms with Crippen molar-refractivity contribution in [3.63, 3.8) is 0 Å². The van der Waals surface area contributed by atoms with Gasteiger partial charge in [-0.1, -0.05) is 12.1 Å². The number of benzene rings is 1. The quantitative estimate of drug-likeness (QED) is 0.807. The Morgan fingerprint density at radius 3 is 2.88 bits per heavy atom. The zero-order valence-corrected chi connectivity index (χ0v) is 10.0. The molecular formula is C14H19NO2. The molecule has 3 heteroatoms. The summed E-state index contributed by atoms with van der Waals surface area (Å²) in [5, 5.41) is 10.1. The molecule has 2 atom stereocenters. The smallest absolute Gasteiger partial charge is 0.142 e. The predicted octanol–water partition coefficient (Wildman–Crippen LogP) is 2.19. The van der Waals surface area contributed by atoms with Crippen LogP contribution in [0.15, 0.2) is 24.3 Å². The van der Waals surface area contributed by atoms with Crippen molar-refractivity contribution in [2.75, 3.05) is 18.1 Å². The van der Waals surface area contributed by atoms with Gasteiger partial charge in [-0.3, -0.25) is 0 Å². The standard InChI is InChI=1S/C14H19NO2/c16-13-7-3-6-11(13)15-9-4-10-17-14-8-2-1-5-12(14)15/h1-2,5,8,11,13,16H,3-4,6-7,9-10H2. The van der Waals surface area contributed by atoms with Gasteiger partial charge in [0.05, 0.1) is 24.4 Å². The van der Waals surface area contributed by atoms with Gasteiger partial charge in [-0.2, -0.15) is 0 Å². The molecule has 0 aromatic heterocycles. The van der Waals surface area contributed by atoms with Gasteiger partial charge in [-0.25, -0.2) is 0 Å². The van der Waals surface area contributed by atoms with E-state index in [0.29, 0.717) is 0 Å². The van der Waals surface area contributed by atoms with Crippen LogP contribution in [0, 0.1) is 0 Å². The summed E-state index contributed by atoms with van der Waals surface area (Å²) in [5.74, 6) is 0.962. The van der Waals surface area contributed by atoms with E-state index in [-0.39, 0.29) is 12.1 Å². The zero-order valence-electron chi connectivity index (χ0n) is 10.0. The summed E-state index contributed by atoms with van der Waals surface area (Å²) in [6.45, 7) is 1.76. The Labute approximate surface area is 102 Å². The summed E-state index contributed by atoms with van der Waals surface area (Å²) in [4.78, 5) is 2.35. The Morgan fingerprint density at radius 1 is 1.18 bits per heavy atom. The molecule has 1 saturated carbocycles. The highest BCUT2D eigenvalue weighted by Crippen LogP contribution is 2.36. The molecule has 3 rings (SSSR count). The highest BCUT2D eigenvalue weighted by Gasteiger charge is 2.32. The summed E-state index contributed by atoms with van der Waals surface area (Å²) in [5.41, 5.74) is 1.15.